The summed E-state index contributed by atoms with van der Waals surface area (Å²) in [7, 11) is 0. The Kier molecular flexibility index (Phi) is 6.24. The van der Waals surface area contributed by atoms with Crippen molar-refractivity contribution in [3.63, 3.8) is 0 Å². The molecule has 3 heterocycles. The van der Waals surface area contributed by atoms with Crippen molar-refractivity contribution in [2.45, 2.75) is 65.1 Å². The molecule has 1 aromatic carbocycles. The number of hydrogen-bond donors (Lipinski definition) is 1. The summed E-state index contributed by atoms with van der Waals surface area (Å²) in [4.78, 5) is 21.5. The van der Waals surface area contributed by atoms with Crippen LogP contribution in [-0.2, 0) is 39.4 Å². The van der Waals surface area contributed by atoms with E-state index in [0.29, 0.717) is 26.0 Å². The third-order valence-electron chi connectivity index (χ3n) is 7.49. The number of benzene rings is 1. The van der Waals surface area contributed by atoms with E-state index in [1.807, 2.05) is 0 Å². The fourth-order valence-electron chi connectivity index (χ4n) is 5.85. The van der Waals surface area contributed by atoms with E-state index in [1.165, 1.54) is 38.7 Å². The molecule has 7 nitrogen and oxygen atoms in total. The molecule has 1 aliphatic carbocycles. The maximum absolute atomic E-state index is 10.9. The number of aryl methyl sites for hydroxylation is 3. The molecule has 0 amide bonds. The van der Waals surface area contributed by atoms with Crippen molar-refractivity contribution in [3.8, 4) is 11.1 Å². The minimum Gasteiger partial charge on any atom is -0.481 e. The van der Waals surface area contributed by atoms with Crippen LogP contribution in [0.15, 0.2) is 49.1 Å². The highest BCUT2D eigenvalue weighted by Crippen LogP contribution is 2.52. The second-order valence-corrected chi connectivity index (χ2v) is 10.1. The van der Waals surface area contributed by atoms with Gasteiger partial charge < -0.3 is 9.84 Å². The average molecular weight is 488 g/mol. The van der Waals surface area contributed by atoms with Crippen molar-refractivity contribution in [2.24, 2.45) is 0 Å². The number of fused-ring (bicyclic) bond motifs is 7. The van der Waals surface area contributed by atoms with Gasteiger partial charge in [0.15, 0.2) is 12.4 Å². The number of aromatic nitrogens is 3. The SMILES string of the molecule is CCn1ccc2c3c(c[n+](CCCOC=O)c21)C(C)(C)c1c-3ccc2c[n+](CCCC(=O)O)ccc12. The minimum atomic E-state index is -0.759. The summed E-state index contributed by atoms with van der Waals surface area (Å²) >= 11 is 0. The Bertz CT molecular complexity index is 1490. The number of carbonyl (C=O) groups excluding carboxylic acids is 1. The van der Waals surface area contributed by atoms with Gasteiger partial charge in [0, 0.05) is 40.8 Å². The number of carbonyl (C=O) groups is 2. The predicted octanol–water partition coefficient (Wildman–Crippen LogP) is 4.12. The van der Waals surface area contributed by atoms with Gasteiger partial charge in [0.2, 0.25) is 0 Å². The Labute approximate surface area is 210 Å². The van der Waals surface area contributed by atoms with Gasteiger partial charge in [0.1, 0.15) is 6.54 Å². The lowest BCUT2D eigenvalue weighted by Gasteiger charge is -2.22. The molecule has 0 aliphatic heterocycles. The summed E-state index contributed by atoms with van der Waals surface area (Å²) < 4.78 is 11.6. The molecule has 0 saturated heterocycles. The zero-order valence-electron chi connectivity index (χ0n) is 21.2. The fraction of sp³-hybridized carbons (Fsp3) is 0.379. The first kappa shape index (κ1) is 24.0. The van der Waals surface area contributed by atoms with E-state index >= 15 is 0 Å². The predicted molar refractivity (Wildman–Crippen MR) is 137 cm³/mol. The molecule has 1 aliphatic rings. The number of carboxylic acid groups (broad SMARTS) is 1. The summed E-state index contributed by atoms with van der Waals surface area (Å²) in [5, 5.41) is 12.6. The largest absolute Gasteiger partial charge is 0.481 e. The zero-order valence-corrected chi connectivity index (χ0v) is 21.2. The second-order valence-electron chi connectivity index (χ2n) is 10.1. The van der Waals surface area contributed by atoms with Gasteiger partial charge in [-0.25, -0.2) is 13.7 Å². The van der Waals surface area contributed by atoms with E-state index in [9.17, 15) is 9.59 Å². The quantitative estimate of drug-likeness (QED) is 0.207. The van der Waals surface area contributed by atoms with Gasteiger partial charge in [0.25, 0.3) is 12.1 Å². The Balaban J connectivity index is 1.63. The minimum absolute atomic E-state index is 0.173. The van der Waals surface area contributed by atoms with Crippen LogP contribution in [-0.4, -0.2) is 28.7 Å². The summed E-state index contributed by atoms with van der Waals surface area (Å²) in [5.41, 5.74) is 6.22. The van der Waals surface area contributed by atoms with Gasteiger partial charge in [-0.05, 0) is 35.6 Å². The molecular formula is C29H33N3O4+2. The molecular weight excluding hydrogens is 454 g/mol. The molecule has 186 valence electrons. The van der Waals surface area contributed by atoms with Crippen LogP contribution in [0, 0.1) is 0 Å². The van der Waals surface area contributed by atoms with Crippen molar-refractivity contribution in [2.75, 3.05) is 6.61 Å². The van der Waals surface area contributed by atoms with Crippen LogP contribution in [0.3, 0.4) is 0 Å². The number of pyridine rings is 2. The van der Waals surface area contributed by atoms with E-state index in [1.54, 1.807) is 0 Å². The zero-order chi connectivity index (χ0) is 25.4. The summed E-state index contributed by atoms with van der Waals surface area (Å²) in [6, 6.07) is 8.85. The number of hydrogen-bond acceptors (Lipinski definition) is 3. The lowest BCUT2D eigenvalue weighted by atomic mass is 9.81. The van der Waals surface area contributed by atoms with Gasteiger partial charge in [-0.2, -0.15) is 0 Å². The Morgan fingerprint density at radius 1 is 1.11 bits per heavy atom. The number of carboxylic acids is 1. The summed E-state index contributed by atoms with van der Waals surface area (Å²) in [6.07, 6.45) is 10.2. The second kappa shape index (κ2) is 9.37. The monoisotopic (exact) mass is 487 g/mol. The highest BCUT2D eigenvalue weighted by Gasteiger charge is 2.41. The van der Waals surface area contributed by atoms with Gasteiger partial charge in [-0.1, -0.05) is 19.9 Å². The Morgan fingerprint density at radius 3 is 2.69 bits per heavy atom. The fourth-order valence-corrected chi connectivity index (χ4v) is 5.85. The standard InChI is InChI=1S/C29H32N3O4/c1-4-31-15-11-23-26-22-9-8-20-17-30(12-5-7-25(34)35)14-10-21(20)27(22)29(2,3)24(26)18-32(28(23)31)13-6-16-36-19-33/h8-11,14-15,17-19H,4-7,12-13,16H2,1-3H3/q+1/p+1. The molecule has 0 bridgehead atoms. The summed E-state index contributed by atoms with van der Waals surface area (Å²) in [5.74, 6) is -0.759. The maximum Gasteiger partial charge on any atom is 0.303 e. The first-order chi connectivity index (χ1) is 17.4. The average Bonchev–Trinajstić information content (AvgIpc) is 3.38. The van der Waals surface area contributed by atoms with Crippen LogP contribution in [0.5, 0.6) is 0 Å². The Hall–Kier alpha value is -3.74. The number of nitrogens with zero attached hydrogens (tertiary/aromatic N) is 3. The first-order valence-corrected chi connectivity index (χ1v) is 12.7. The van der Waals surface area contributed by atoms with Crippen LogP contribution in [0.4, 0.5) is 0 Å². The molecule has 3 aromatic heterocycles. The van der Waals surface area contributed by atoms with E-state index < -0.39 is 5.97 Å². The molecule has 0 atom stereocenters. The summed E-state index contributed by atoms with van der Waals surface area (Å²) in [6.45, 7) is 10.0. The van der Waals surface area contributed by atoms with Crippen LogP contribution < -0.4 is 9.13 Å². The maximum atomic E-state index is 10.9. The van der Waals surface area contributed by atoms with E-state index in [0.717, 1.165) is 24.9 Å². The van der Waals surface area contributed by atoms with Gasteiger partial charge >= 0.3 is 5.97 Å². The molecule has 7 heteroatoms. The van der Waals surface area contributed by atoms with Crippen molar-refractivity contribution < 1.29 is 28.6 Å². The molecule has 0 fully saturated rings. The lowest BCUT2D eigenvalue weighted by Crippen LogP contribution is -2.38. The molecule has 0 saturated carbocycles. The first-order valence-electron chi connectivity index (χ1n) is 12.7. The van der Waals surface area contributed by atoms with Gasteiger partial charge in [0.05, 0.1) is 43.9 Å². The highest BCUT2D eigenvalue weighted by atomic mass is 16.5. The lowest BCUT2D eigenvalue weighted by molar-refractivity contribution is -0.696. The van der Waals surface area contributed by atoms with Crippen molar-refractivity contribution in [1.82, 2.24) is 4.57 Å². The Morgan fingerprint density at radius 2 is 1.94 bits per heavy atom. The molecule has 36 heavy (non-hydrogen) atoms. The van der Waals surface area contributed by atoms with E-state index in [-0.39, 0.29) is 11.8 Å². The van der Waals surface area contributed by atoms with Gasteiger partial charge in [-0.15, -0.1) is 0 Å². The molecule has 5 rings (SSSR count). The van der Waals surface area contributed by atoms with Crippen molar-refractivity contribution in [3.05, 3.63) is 60.2 Å². The third kappa shape index (κ3) is 3.92. The van der Waals surface area contributed by atoms with Crippen LogP contribution in [0.25, 0.3) is 32.9 Å². The van der Waals surface area contributed by atoms with Gasteiger partial charge in [-0.3, -0.25) is 9.59 Å². The molecule has 0 radical (unpaired) electrons. The molecule has 1 N–H and O–H groups in total. The van der Waals surface area contributed by atoms with E-state index in [2.05, 4.69) is 83.5 Å². The molecule has 4 aromatic rings. The molecule has 0 unspecified atom stereocenters. The van der Waals surface area contributed by atoms with E-state index in [4.69, 9.17) is 9.84 Å². The van der Waals surface area contributed by atoms with Crippen molar-refractivity contribution in [1.29, 1.82) is 0 Å². The van der Waals surface area contributed by atoms with Crippen LogP contribution in [0.1, 0.15) is 51.2 Å². The topological polar surface area (TPSA) is 76.3 Å². The number of ether oxygens (including phenoxy) is 1. The number of rotatable bonds is 10. The van der Waals surface area contributed by atoms with Crippen molar-refractivity contribution >= 4 is 34.2 Å². The normalized spacial score (nSPS) is 13.6. The van der Waals surface area contributed by atoms with Crippen LogP contribution >= 0.6 is 0 Å². The highest BCUT2D eigenvalue weighted by molar-refractivity contribution is 6.04. The third-order valence-corrected chi connectivity index (χ3v) is 7.49. The smallest absolute Gasteiger partial charge is 0.303 e. The molecule has 0 spiro atoms. The van der Waals surface area contributed by atoms with Crippen LogP contribution in [0.2, 0.25) is 0 Å². The number of aliphatic carboxylic acids is 1.